The Labute approximate surface area is 180 Å². The maximum absolute atomic E-state index is 12.9. The van der Waals surface area contributed by atoms with Gasteiger partial charge in [0.2, 0.25) is 0 Å². The highest BCUT2D eigenvalue weighted by atomic mass is 32.5. The molecule has 12 heteroatoms. The number of rotatable bonds is 6. The van der Waals surface area contributed by atoms with Crippen molar-refractivity contribution in [3.63, 3.8) is 0 Å². The number of β-amino-alcohol motifs (C(OH)–C–C–N with tert-alkyl or cyclic N) is 1. The van der Waals surface area contributed by atoms with Crippen molar-refractivity contribution in [1.29, 1.82) is 0 Å². The molecule has 1 saturated heterocycles. The smallest absolute Gasteiger partial charge is 0.310 e. The molecule has 172 valence electrons. The zero-order chi connectivity index (χ0) is 23.0. The Hall–Kier alpha value is -2.99. The molecular formula is C20H20F5N5OS. The molecule has 3 heterocycles. The summed E-state index contributed by atoms with van der Waals surface area (Å²) in [5.41, 5.74) is 2.44. The predicted octanol–water partition coefficient (Wildman–Crippen LogP) is 5.38. The second kappa shape index (κ2) is 7.27. The van der Waals surface area contributed by atoms with E-state index in [0.717, 1.165) is 23.3 Å². The largest absolute Gasteiger partial charge is 0.391 e. The number of hydrogen-bond donors (Lipinski definition) is 2. The molecular weight excluding hydrogens is 453 g/mol. The number of nitrogens with one attached hydrogen (secondary N) is 1. The van der Waals surface area contributed by atoms with E-state index in [0.29, 0.717) is 43.0 Å². The minimum atomic E-state index is -9.69. The topological polar surface area (TPSA) is 74.2 Å². The quantitative estimate of drug-likeness (QED) is 0.469. The van der Waals surface area contributed by atoms with Crippen molar-refractivity contribution in [1.82, 2.24) is 15.0 Å². The van der Waals surface area contributed by atoms with Crippen molar-refractivity contribution in [3.05, 3.63) is 60.8 Å². The fraction of sp³-hybridized carbons (Fsp3) is 0.250. The Morgan fingerprint density at radius 2 is 1.72 bits per heavy atom. The number of hydrogen-bond acceptors (Lipinski definition) is 6. The van der Waals surface area contributed by atoms with E-state index in [-0.39, 0.29) is 12.2 Å². The van der Waals surface area contributed by atoms with Gasteiger partial charge in [-0.2, -0.15) is 0 Å². The average Bonchev–Trinajstić information content (AvgIpc) is 3.17. The number of benzene rings is 1. The Bertz CT molecular complexity index is 1110. The lowest BCUT2D eigenvalue weighted by atomic mass is 10.1. The molecule has 2 N–H and O–H groups in total. The summed E-state index contributed by atoms with van der Waals surface area (Å²) in [6.07, 6.45) is 6.48. The van der Waals surface area contributed by atoms with Gasteiger partial charge in [0.25, 0.3) is 0 Å². The molecule has 1 aliphatic heterocycles. The van der Waals surface area contributed by atoms with E-state index in [9.17, 15) is 24.5 Å². The Kier molecular flexibility index (Phi) is 5.05. The van der Waals surface area contributed by atoms with Crippen LogP contribution in [-0.4, -0.2) is 39.3 Å². The number of aromatic nitrogens is 3. The predicted molar refractivity (Wildman–Crippen MR) is 113 cm³/mol. The van der Waals surface area contributed by atoms with Crippen LogP contribution in [0.3, 0.4) is 0 Å². The van der Waals surface area contributed by atoms with Crippen LogP contribution in [0.2, 0.25) is 0 Å². The Morgan fingerprint density at radius 3 is 2.31 bits per heavy atom. The van der Waals surface area contributed by atoms with Crippen LogP contribution in [0.4, 0.5) is 30.9 Å². The van der Waals surface area contributed by atoms with Crippen molar-refractivity contribution >= 4 is 21.7 Å². The van der Waals surface area contributed by atoms with Crippen LogP contribution < -0.4 is 10.2 Å². The standard InChI is InChI=1S/C20H20F5N5OS/c21-32(22,23,24,25)18-3-1-16(2-4-18)28-8-14-7-19(15-10-26-13-27-11-15)20(29-9-14)30-6-5-17(31)12-30/h1-4,7,9-11,13,17,28,31H,5-6,8,12H2. The van der Waals surface area contributed by atoms with Gasteiger partial charge in [0.1, 0.15) is 17.0 Å². The van der Waals surface area contributed by atoms with Gasteiger partial charge in [-0.25, -0.2) is 15.0 Å². The van der Waals surface area contributed by atoms with E-state index in [1.165, 1.54) is 6.33 Å². The van der Waals surface area contributed by atoms with E-state index < -0.39 is 21.2 Å². The maximum Gasteiger partial charge on any atom is 0.310 e. The molecule has 1 aromatic carbocycles. The summed E-state index contributed by atoms with van der Waals surface area (Å²) >= 11 is 0. The number of anilines is 2. The zero-order valence-corrected chi connectivity index (χ0v) is 17.5. The van der Waals surface area contributed by atoms with Crippen LogP contribution in [0, 0.1) is 0 Å². The summed E-state index contributed by atoms with van der Waals surface area (Å²) in [6.45, 7) is 1.29. The van der Waals surface area contributed by atoms with Crippen LogP contribution in [0.5, 0.6) is 0 Å². The molecule has 0 radical (unpaired) electrons. The molecule has 1 unspecified atom stereocenters. The summed E-state index contributed by atoms with van der Waals surface area (Å²) in [5.74, 6) is 0.667. The van der Waals surface area contributed by atoms with E-state index >= 15 is 0 Å². The lowest BCUT2D eigenvalue weighted by molar-refractivity contribution is 0.198. The molecule has 4 rings (SSSR count). The summed E-state index contributed by atoms with van der Waals surface area (Å²) < 4.78 is 64.3. The van der Waals surface area contributed by atoms with E-state index in [1.807, 2.05) is 11.0 Å². The number of nitrogens with zero attached hydrogens (tertiary/aromatic N) is 4. The Balaban J connectivity index is 1.56. The molecule has 6 nitrogen and oxygen atoms in total. The average molecular weight is 473 g/mol. The van der Waals surface area contributed by atoms with E-state index in [2.05, 4.69) is 20.3 Å². The fourth-order valence-electron chi connectivity index (χ4n) is 3.47. The third-order valence-electron chi connectivity index (χ3n) is 5.05. The first-order valence-electron chi connectivity index (χ1n) is 9.64. The lowest BCUT2D eigenvalue weighted by Gasteiger charge is -2.40. The van der Waals surface area contributed by atoms with Crippen molar-refractivity contribution in [2.24, 2.45) is 0 Å². The van der Waals surface area contributed by atoms with Crippen LogP contribution in [0.1, 0.15) is 12.0 Å². The van der Waals surface area contributed by atoms with Crippen molar-refractivity contribution in [3.8, 4) is 11.1 Å². The number of aliphatic hydroxyl groups is 1. The number of pyridine rings is 1. The molecule has 1 aliphatic rings. The lowest BCUT2D eigenvalue weighted by Crippen LogP contribution is -2.23. The molecule has 1 atom stereocenters. The van der Waals surface area contributed by atoms with Crippen LogP contribution in [-0.2, 0) is 6.54 Å². The molecule has 2 aromatic heterocycles. The monoisotopic (exact) mass is 473 g/mol. The molecule has 0 amide bonds. The van der Waals surface area contributed by atoms with Gasteiger partial charge in [0.05, 0.1) is 6.10 Å². The normalized spacial score (nSPS) is 18.8. The zero-order valence-electron chi connectivity index (χ0n) is 16.6. The van der Waals surface area contributed by atoms with Crippen LogP contribution in [0.15, 0.2) is 60.1 Å². The number of halogens is 5. The van der Waals surface area contributed by atoms with Gasteiger partial charge in [-0.3, -0.25) is 0 Å². The highest BCUT2D eigenvalue weighted by Gasteiger charge is 2.65. The molecule has 1 fully saturated rings. The fourth-order valence-corrected chi connectivity index (χ4v) is 4.12. The first-order chi connectivity index (χ1) is 14.9. The van der Waals surface area contributed by atoms with Gasteiger partial charge in [-0.1, -0.05) is 19.4 Å². The third kappa shape index (κ3) is 5.07. The van der Waals surface area contributed by atoms with Crippen molar-refractivity contribution in [2.75, 3.05) is 23.3 Å². The first kappa shape index (κ1) is 22.2. The summed E-state index contributed by atoms with van der Waals surface area (Å²) in [6, 6.07) is 4.52. The van der Waals surface area contributed by atoms with Crippen molar-refractivity contribution in [2.45, 2.75) is 24.0 Å². The number of aliphatic hydroxyl groups excluding tert-OH is 1. The highest BCUT2D eigenvalue weighted by Crippen LogP contribution is 3.02. The minimum Gasteiger partial charge on any atom is -0.391 e. The van der Waals surface area contributed by atoms with Gasteiger partial charge in [-0.05, 0) is 42.3 Å². The van der Waals surface area contributed by atoms with E-state index in [1.54, 1.807) is 18.6 Å². The third-order valence-corrected chi connectivity index (χ3v) is 6.22. The molecule has 32 heavy (non-hydrogen) atoms. The van der Waals surface area contributed by atoms with Gasteiger partial charge < -0.3 is 15.3 Å². The maximum atomic E-state index is 12.9. The van der Waals surface area contributed by atoms with Crippen LogP contribution in [0.25, 0.3) is 11.1 Å². The second-order valence-corrected chi connectivity index (χ2v) is 9.99. The van der Waals surface area contributed by atoms with Gasteiger partial charge >= 0.3 is 10.2 Å². The molecule has 3 aromatic rings. The summed E-state index contributed by atoms with van der Waals surface area (Å²) in [4.78, 5) is 12.6. The summed E-state index contributed by atoms with van der Waals surface area (Å²) in [7, 11) is -9.69. The first-order valence-corrected chi connectivity index (χ1v) is 11.6. The molecule has 0 bridgehead atoms. The summed E-state index contributed by atoms with van der Waals surface area (Å²) in [5, 5.41) is 12.8. The highest BCUT2D eigenvalue weighted by molar-refractivity contribution is 8.45. The second-order valence-electron chi connectivity index (χ2n) is 7.58. The molecule has 0 aliphatic carbocycles. The SMILES string of the molecule is OC1CCN(c2ncc(CNc3ccc(S(F)(F)(F)(F)F)cc3)cc2-c2cncnc2)C1. The van der Waals surface area contributed by atoms with Gasteiger partial charge in [0, 0.05) is 55.0 Å². The minimum absolute atomic E-state index is 0.201. The van der Waals surface area contributed by atoms with Gasteiger partial charge in [0.15, 0.2) is 0 Å². The van der Waals surface area contributed by atoms with Gasteiger partial charge in [-0.15, -0.1) is 0 Å². The van der Waals surface area contributed by atoms with Crippen LogP contribution >= 0.6 is 10.2 Å². The molecule has 0 spiro atoms. The Morgan fingerprint density at radius 1 is 1.03 bits per heavy atom. The van der Waals surface area contributed by atoms with E-state index in [4.69, 9.17) is 0 Å². The molecule has 0 saturated carbocycles. The van der Waals surface area contributed by atoms with Crippen molar-refractivity contribution < 1.29 is 24.5 Å².